The number of carbonyl (C=O) groups is 2. The largest absolute Gasteiger partial charge is 0.423 e. The summed E-state index contributed by atoms with van der Waals surface area (Å²) < 4.78 is 10.7. The van der Waals surface area contributed by atoms with Crippen LogP contribution in [0, 0.1) is 13.8 Å². The summed E-state index contributed by atoms with van der Waals surface area (Å²) in [7, 11) is 0. The predicted octanol–water partition coefficient (Wildman–Crippen LogP) is 4.74. The van der Waals surface area contributed by atoms with Crippen LogP contribution >= 0.6 is 0 Å². The molecule has 3 rings (SSSR count). The highest BCUT2D eigenvalue weighted by Crippen LogP contribution is 2.17. The lowest BCUT2D eigenvalue weighted by Gasteiger charge is -2.07. The Bertz CT molecular complexity index is 864. The fourth-order valence-electron chi connectivity index (χ4n) is 2.43. The third kappa shape index (κ3) is 4.36. The van der Waals surface area contributed by atoms with Crippen LogP contribution in [-0.4, -0.2) is 11.9 Å². The predicted molar refractivity (Wildman–Crippen MR) is 98.7 cm³/mol. The summed E-state index contributed by atoms with van der Waals surface area (Å²) in [5.41, 5.74) is 2.73. The molecule has 0 aliphatic carbocycles. The summed E-state index contributed by atoms with van der Waals surface area (Å²) in [5, 5.41) is 0. The van der Waals surface area contributed by atoms with Gasteiger partial charge < -0.3 is 9.47 Å². The second kappa shape index (κ2) is 7.66. The third-order valence-corrected chi connectivity index (χ3v) is 3.76. The van der Waals surface area contributed by atoms with Crippen molar-refractivity contribution in [3.05, 3.63) is 95.1 Å². The molecule has 0 spiro atoms. The van der Waals surface area contributed by atoms with Gasteiger partial charge in [0.05, 0.1) is 11.1 Å². The van der Waals surface area contributed by atoms with E-state index < -0.39 is 11.9 Å². The van der Waals surface area contributed by atoms with Crippen LogP contribution in [0.25, 0.3) is 0 Å². The molecule has 0 N–H and O–H groups in total. The normalized spacial score (nSPS) is 10.2. The molecular formula is C22H18O4. The molecule has 0 radical (unpaired) electrons. The Hall–Kier alpha value is -3.40. The molecule has 0 fully saturated rings. The fourth-order valence-corrected chi connectivity index (χ4v) is 2.43. The molecule has 4 heteroatoms. The molecule has 3 aromatic rings. The first-order chi connectivity index (χ1) is 12.5. The molecule has 26 heavy (non-hydrogen) atoms. The lowest BCUT2D eigenvalue weighted by Crippen LogP contribution is -2.11. The van der Waals surface area contributed by atoms with Crippen LogP contribution < -0.4 is 9.47 Å². The summed E-state index contributed by atoms with van der Waals surface area (Å²) in [6, 6.07) is 20.7. The van der Waals surface area contributed by atoms with E-state index in [0.717, 1.165) is 11.1 Å². The van der Waals surface area contributed by atoms with Crippen molar-refractivity contribution in [2.75, 3.05) is 0 Å². The van der Waals surface area contributed by atoms with Gasteiger partial charge in [-0.1, -0.05) is 24.3 Å². The van der Waals surface area contributed by atoms with Gasteiger partial charge in [-0.05, 0) is 73.5 Å². The fraction of sp³-hybridized carbons (Fsp3) is 0.0909. The molecule has 0 atom stereocenters. The molecule has 0 aliphatic rings. The average Bonchev–Trinajstić information content (AvgIpc) is 2.62. The van der Waals surface area contributed by atoms with E-state index in [2.05, 4.69) is 0 Å². The van der Waals surface area contributed by atoms with Gasteiger partial charge in [0.25, 0.3) is 0 Å². The molecule has 4 nitrogen and oxygen atoms in total. The maximum Gasteiger partial charge on any atom is 0.343 e. The maximum absolute atomic E-state index is 12.2. The number of rotatable bonds is 4. The SMILES string of the molecule is Cc1cccc(OC(=O)c2ccc(C(=O)Oc3cccc(C)c3)cc2)c1. The van der Waals surface area contributed by atoms with Crippen molar-refractivity contribution in [2.24, 2.45) is 0 Å². The lowest BCUT2D eigenvalue weighted by atomic mass is 10.1. The van der Waals surface area contributed by atoms with Crippen molar-refractivity contribution >= 4 is 11.9 Å². The van der Waals surface area contributed by atoms with Crippen molar-refractivity contribution in [3.8, 4) is 11.5 Å². The molecule has 0 heterocycles. The van der Waals surface area contributed by atoms with E-state index in [1.807, 2.05) is 38.1 Å². The van der Waals surface area contributed by atoms with E-state index in [4.69, 9.17) is 9.47 Å². The van der Waals surface area contributed by atoms with Gasteiger partial charge in [0.2, 0.25) is 0 Å². The molecule has 130 valence electrons. The van der Waals surface area contributed by atoms with E-state index in [0.29, 0.717) is 22.6 Å². The van der Waals surface area contributed by atoms with Crippen LogP contribution in [0.5, 0.6) is 11.5 Å². The van der Waals surface area contributed by atoms with Gasteiger partial charge in [0, 0.05) is 0 Å². The summed E-state index contributed by atoms with van der Waals surface area (Å²) in [6.07, 6.45) is 0. The Kier molecular flexibility index (Phi) is 5.13. The molecule has 0 saturated carbocycles. The zero-order valence-corrected chi connectivity index (χ0v) is 14.6. The van der Waals surface area contributed by atoms with E-state index in [9.17, 15) is 9.59 Å². The van der Waals surface area contributed by atoms with Gasteiger partial charge in [0.1, 0.15) is 11.5 Å². The zero-order valence-electron chi connectivity index (χ0n) is 14.6. The summed E-state index contributed by atoms with van der Waals surface area (Å²) in [5.74, 6) is 0.0132. The molecular weight excluding hydrogens is 328 g/mol. The van der Waals surface area contributed by atoms with Crippen molar-refractivity contribution in [1.82, 2.24) is 0 Å². The highest BCUT2D eigenvalue weighted by atomic mass is 16.5. The minimum absolute atomic E-state index is 0.360. The number of esters is 2. The number of ether oxygens (including phenoxy) is 2. The van der Waals surface area contributed by atoms with Crippen LogP contribution in [0.1, 0.15) is 31.8 Å². The quantitative estimate of drug-likeness (QED) is 0.506. The van der Waals surface area contributed by atoms with Gasteiger partial charge in [-0.2, -0.15) is 0 Å². The Morgan fingerprint density at radius 2 is 1.00 bits per heavy atom. The minimum Gasteiger partial charge on any atom is -0.423 e. The van der Waals surface area contributed by atoms with Crippen molar-refractivity contribution < 1.29 is 19.1 Å². The maximum atomic E-state index is 12.2. The van der Waals surface area contributed by atoms with Crippen molar-refractivity contribution in [3.63, 3.8) is 0 Å². The van der Waals surface area contributed by atoms with Crippen LogP contribution in [0.15, 0.2) is 72.8 Å². The molecule has 3 aromatic carbocycles. The number of aryl methyl sites for hydroxylation is 2. The Labute approximate surface area is 152 Å². The first-order valence-corrected chi connectivity index (χ1v) is 8.19. The molecule has 0 unspecified atom stereocenters. The smallest absolute Gasteiger partial charge is 0.343 e. The van der Waals surface area contributed by atoms with Crippen LogP contribution in [-0.2, 0) is 0 Å². The van der Waals surface area contributed by atoms with Gasteiger partial charge in [-0.15, -0.1) is 0 Å². The monoisotopic (exact) mass is 346 g/mol. The van der Waals surface area contributed by atoms with Gasteiger partial charge >= 0.3 is 11.9 Å². The minimum atomic E-state index is -0.478. The third-order valence-electron chi connectivity index (χ3n) is 3.76. The zero-order chi connectivity index (χ0) is 18.5. The highest BCUT2D eigenvalue weighted by molar-refractivity contribution is 5.94. The number of hydrogen-bond donors (Lipinski definition) is 0. The highest BCUT2D eigenvalue weighted by Gasteiger charge is 2.12. The van der Waals surface area contributed by atoms with E-state index >= 15 is 0 Å². The van der Waals surface area contributed by atoms with Gasteiger partial charge in [0.15, 0.2) is 0 Å². The standard InChI is InChI=1S/C22H18O4/c1-15-5-3-7-19(13-15)25-21(23)17-9-11-18(12-10-17)22(24)26-20-8-4-6-16(2)14-20/h3-14H,1-2H3. The average molecular weight is 346 g/mol. The van der Waals surface area contributed by atoms with E-state index in [1.165, 1.54) is 0 Å². The number of hydrogen-bond acceptors (Lipinski definition) is 4. The summed E-state index contributed by atoms with van der Waals surface area (Å²) in [6.45, 7) is 3.85. The van der Waals surface area contributed by atoms with Gasteiger partial charge in [-0.25, -0.2) is 9.59 Å². The topological polar surface area (TPSA) is 52.6 Å². The summed E-state index contributed by atoms with van der Waals surface area (Å²) in [4.78, 5) is 24.4. The van der Waals surface area contributed by atoms with Crippen molar-refractivity contribution in [1.29, 1.82) is 0 Å². The first kappa shape index (κ1) is 17.4. The molecule has 0 aromatic heterocycles. The van der Waals surface area contributed by atoms with Crippen LogP contribution in [0.2, 0.25) is 0 Å². The van der Waals surface area contributed by atoms with Gasteiger partial charge in [-0.3, -0.25) is 0 Å². The Balaban J connectivity index is 1.67. The second-order valence-corrected chi connectivity index (χ2v) is 5.99. The molecule has 0 bridgehead atoms. The Morgan fingerprint density at radius 3 is 1.35 bits per heavy atom. The number of carbonyl (C=O) groups excluding carboxylic acids is 2. The number of benzene rings is 3. The first-order valence-electron chi connectivity index (χ1n) is 8.19. The van der Waals surface area contributed by atoms with Crippen LogP contribution in [0.4, 0.5) is 0 Å². The van der Waals surface area contributed by atoms with Crippen molar-refractivity contribution in [2.45, 2.75) is 13.8 Å². The molecule has 0 amide bonds. The second-order valence-electron chi connectivity index (χ2n) is 5.99. The Morgan fingerprint density at radius 1 is 0.615 bits per heavy atom. The van der Waals surface area contributed by atoms with Crippen LogP contribution in [0.3, 0.4) is 0 Å². The van der Waals surface area contributed by atoms with E-state index in [-0.39, 0.29) is 0 Å². The lowest BCUT2D eigenvalue weighted by molar-refractivity contribution is 0.0720. The van der Waals surface area contributed by atoms with E-state index in [1.54, 1.807) is 48.5 Å². The summed E-state index contributed by atoms with van der Waals surface area (Å²) >= 11 is 0. The molecule has 0 saturated heterocycles. The molecule has 0 aliphatic heterocycles.